The highest BCUT2D eigenvalue weighted by Gasteiger charge is 2.26. The first kappa shape index (κ1) is 11.3. The third-order valence-corrected chi connectivity index (χ3v) is 1.86. The number of carbonyl (C=O) groups is 2. The van der Waals surface area contributed by atoms with Crippen molar-refractivity contribution in [2.75, 3.05) is 13.2 Å². The van der Waals surface area contributed by atoms with Gasteiger partial charge >= 0.3 is 0 Å². The first-order chi connectivity index (χ1) is 5.54. The molecule has 2 N–H and O–H groups in total. The average molecular weight is 174 g/mol. The summed E-state index contributed by atoms with van der Waals surface area (Å²) in [6, 6.07) is 0. The van der Waals surface area contributed by atoms with Crippen LogP contribution in [0, 0.1) is 11.8 Å². The van der Waals surface area contributed by atoms with Crippen molar-refractivity contribution in [2.24, 2.45) is 11.8 Å². The minimum absolute atomic E-state index is 0.204. The van der Waals surface area contributed by atoms with Crippen LogP contribution in [0.4, 0.5) is 0 Å². The van der Waals surface area contributed by atoms with E-state index >= 15 is 0 Å². The molecule has 0 aromatic heterocycles. The molecule has 0 aliphatic carbocycles. The molecule has 4 heteroatoms. The summed E-state index contributed by atoms with van der Waals surface area (Å²) in [7, 11) is 0. The van der Waals surface area contributed by atoms with Crippen molar-refractivity contribution in [3.05, 3.63) is 0 Å². The zero-order valence-corrected chi connectivity index (χ0v) is 7.28. The van der Waals surface area contributed by atoms with E-state index in [-0.39, 0.29) is 19.1 Å². The van der Waals surface area contributed by atoms with E-state index in [4.69, 9.17) is 10.2 Å². The number of rotatable bonds is 5. The highest BCUT2D eigenvalue weighted by atomic mass is 16.3. The number of ketones is 2. The van der Waals surface area contributed by atoms with Crippen LogP contribution >= 0.6 is 0 Å². The van der Waals surface area contributed by atoms with E-state index in [9.17, 15) is 9.59 Å². The molecule has 2 unspecified atom stereocenters. The normalized spacial score (nSPS) is 15.3. The maximum Gasteiger partial charge on any atom is 0.203 e. The lowest BCUT2D eigenvalue weighted by molar-refractivity contribution is -0.140. The van der Waals surface area contributed by atoms with E-state index in [0.29, 0.717) is 0 Å². The second-order valence-electron chi connectivity index (χ2n) is 2.87. The van der Waals surface area contributed by atoms with Gasteiger partial charge in [-0.3, -0.25) is 9.59 Å². The van der Waals surface area contributed by atoms with E-state index in [1.165, 1.54) is 0 Å². The lowest BCUT2D eigenvalue weighted by Crippen LogP contribution is -2.31. The van der Waals surface area contributed by atoms with Crippen LogP contribution in [0.3, 0.4) is 0 Å². The second-order valence-corrected chi connectivity index (χ2v) is 2.87. The molecule has 0 heterocycles. The molecule has 4 nitrogen and oxygen atoms in total. The van der Waals surface area contributed by atoms with Crippen LogP contribution in [0.25, 0.3) is 0 Å². The van der Waals surface area contributed by atoms with E-state index in [0.717, 1.165) is 6.92 Å². The van der Waals surface area contributed by atoms with Gasteiger partial charge in [-0.05, 0) is 5.92 Å². The first-order valence-electron chi connectivity index (χ1n) is 3.81. The summed E-state index contributed by atoms with van der Waals surface area (Å²) in [4.78, 5) is 21.7. The molecule has 0 saturated heterocycles. The molecule has 0 amide bonds. The predicted octanol–water partition coefficient (Wildman–Crippen LogP) is -0.619. The van der Waals surface area contributed by atoms with Gasteiger partial charge in [0.25, 0.3) is 0 Å². The Labute approximate surface area is 71.2 Å². The number of aliphatic hydroxyl groups is 2. The molecular formula is C8H14O4. The maximum atomic E-state index is 11.1. The lowest BCUT2D eigenvalue weighted by atomic mass is 9.90. The number of hydrogen-bond donors (Lipinski definition) is 2. The standard InChI is InChI=1S/C8H14O4/c1-5(3-9)7(4-10)8(12)6(2)11/h5,7,9-10H,3-4H2,1-2H3. The topological polar surface area (TPSA) is 74.6 Å². The van der Waals surface area contributed by atoms with Crippen molar-refractivity contribution in [1.29, 1.82) is 0 Å². The van der Waals surface area contributed by atoms with Gasteiger partial charge < -0.3 is 10.2 Å². The van der Waals surface area contributed by atoms with Gasteiger partial charge in [0.2, 0.25) is 5.78 Å². The first-order valence-corrected chi connectivity index (χ1v) is 3.81. The fraction of sp³-hybridized carbons (Fsp3) is 0.750. The van der Waals surface area contributed by atoms with Gasteiger partial charge in [-0.1, -0.05) is 6.92 Å². The summed E-state index contributed by atoms with van der Waals surface area (Å²) >= 11 is 0. The van der Waals surface area contributed by atoms with E-state index in [1.807, 2.05) is 0 Å². The molecule has 0 aliphatic heterocycles. The third kappa shape index (κ3) is 2.71. The number of hydrogen-bond acceptors (Lipinski definition) is 4. The van der Waals surface area contributed by atoms with Crippen LogP contribution < -0.4 is 0 Å². The summed E-state index contributed by atoms with van der Waals surface area (Å²) in [6.45, 7) is 2.18. The molecule has 0 radical (unpaired) electrons. The molecule has 2 atom stereocenters. The summed E-state index contributed by atoms with van der Waals surface area (Å²) in [5, 5.41) is 17.5. The fourth-order valence-electron chi connectivity index (χ4n) is 0.910. The number of aliphatic hydroxyl groups excluding tert-OH is 2. The summed E-state index contributed by atoms with van der Waals surface area (Å²) in [6.07, 6.45) is 0. The quantitative estimate of drug-likeness (QED) is 0.545. The number of carbonyl (C=O) groups excluding carboxylic acids is 2. The molecule has 0 aromatic carbocycles. The average Bonchev–Trinajstić information content (AvgIpc) is 2.05. The van der Waals surface area contributed by atoms with Gasteiger partial charge in [-0.2, -0.15) is 0 Å². The molecular weight excluding hydrogens is 160 g/mol. The Kier molecular flexibility index (Phi) is 4.70. The highest BCUT2D eigenvalue weighted by Crippen LogP contribution is 2.11. The molecule has 12 heavy (non-hydrogen) atoms. The Bertz CT molecular complexity index is 176. The summed E-state index contributed by atoms with van der Waals surface area (Å²) in [5.41, 5.74) is 0. The van der Waals surface area contributed by atoms with E-state index in [1.54, 1.807) is 6.92 Å². The third-order valence-electron chi connectivity index (χ3n) is 1.86. The zero-order valence-electron chi connectivity index (χ0n) is 7.28. The van der Waals surface area contributed by atoms with Crippen molar-refractivity contribution in [1.82, 2.24) is 0 Å². The summed E-state index contributed by atoms with van der Waals surface area (Å²) in [5.74, 6) is -2.31. The number of Topliss-reactive ketones (excluding diaryl/α,β-unsaturated/α-hetero) is 2. The molecule has 0 bridgehead atoms. The van der Waals surface area contributed by atoms with Gasteiger partial charge in [-0.15, -0.1) is 0 Å². The predicted molar refractivity (Wildman–Crippen MR) is 42.5 cm³/mol. The fourth-order valence-corrected chi connectivity index (χ4v) is 0.910. The minimum Gasteiger partial charge on any atom is -0.396 e. The minimum atomic E-state index is -0.757. The molecule has 0 aromatic rings. The molecule has 70 valence electrons. The van der Waals surface area contributed by atoms with Crippen LogP contribution in [0.5, 0.6) is 0 Å². The van der Waals surface area contributed by atoms with Crippen LogP contribution in [0.1, 0.15) is 13.8 Å². The van der Waals surface area contributed by atoms with Gasteiger partial charge in [0.15, 0.2) is 5.78 Å². The zero-order chi connectivity index (χ0) is 9.72. The molecule has 0 fully saturated rings. The Morgan fingerprint density at radius 3 is 2.00 bits per heavy atom. The smallest absolute Gasteiger partial charge is 0.203 e. The van der Waals surface area contributed by atoms with Crippen molar-refractivity contribution in [3.8, 4) is 0 Å². The van der Waals surface area contributed by atoms with Gasteiger partial charge in [0.1, 0.15) is 0 Å². The molecule has 0 spiro atoms. The SMILES string of the molecule is CC(=O)C(=O)C(CO)C(C)CO. The van der Waals surface area contributed by atoms with Crippen LogP contribution in [0.2, 0.25) is 0 Å². The van der Waals surface area contributed by atoms with Crippen LogP contribution in [0.15, 0.2) is 0 Å². The van der Waals surface area contributed by atoms with Crippen molar-refractivity contribution < 1.29 is 19.8 Å². The van der Waals surface area contributed by atoms with Gasteiger partial charge in [0.05, 0.1) is 12.5 Å². The Morgan fingerprint density at radius 2 is 1.75 bits per heavy atom. The van der Waals surface area contributed by atoms with Crippen LogP contribution in [-0.2, 0) is 9.59 Å². The maximum absolute atomic E-state index is 11.1. The Morgan fingerprint density at radius 1 is 1.25 bits per heavy atom. The second kappa shape index (κ2) is 5.00. The van der Waals surface area contributed by atoms with E-state index in [2.05, 4.69) is 0 Å². The van der Waals surface area contributed by atoms with Crippen molar-refractivity contribution >= 4 is 11.6 Å². The monoisotopic (exact) mass is 174 g/mol. The van der Waals surface area contributed by atoms with Crippen LogP contribution in [-0.4, -0.2) is 35.0 Å². The van der Waals surface area contributed by atoms with E-state index < -0.39 is 17.5 Å². The van der Waals surface area contributed by atoms with Gasteiger partial charge in [-0.25, -0.2) is 0 Å². The van der Waals surface area contributed by atoms with Gasteiger partial charge in [0, 0.05) is 13.5 Å². The Hall–Kier alpha value is -0.740. The largest absolute Gasteiger partial charge is 0.396 e. The molecule has 0 saturated carbocycles. The summed E-state index contributed by atoms with van der Waals surface area (Å²) < 4.78 is 0. The Balaban J connectivity index is 4.34. The molecule has 0 rings (SSSR count). The molecule has 0 aliphatic rings. The lowest BCUT2D eigenvalue weighted by Gasteiger charge is -2.16. The van der Waals surface area contributed by atoms with Crippen molar-refractivity contribution in [2.45, 2.75) is 13.8 Å². The highest BCUT2D eigenvalue weighted by molar-refractivity contribution is 6.37. The van der Waals surface area contributed by atoms with Crippen molar-refractivity contribution in [3.63, 3.8) is 0 Å².